The fourth-order valence-corrected chi connectivity index (χ4v) is 3.97. The second-order valence-electron chi connectivity index (χ2n) is 6.59. The smallest absolute Gasteiger partial charge is 0.322 e. The summed E-state index contributed by atoms with van der Waals surface area (Å²) in [6.07, 6.45) is 2.75. The van der Waals surface area contributed by atoms with Crippen molar-refractivity contribution in [3.63, 3.8) is 0 Å². The Morgan fingerprint density at radius 3 is 2.88 bits per heavy atom. The fourth-order valence-electron chi connectivity index (χ4n) is 3.73. The second-order valence-corrected chi connectivity index (χ2v) is 7.03. The first-order valence-corrected chi connectivity index (χ1v) is 9.20. The zero-order valence-corrected chi connectivity index (χ0v) is 15.4. The molecule has 2 aliphatic rings. The van der Waals surface area contributed by atoms with Gasteiger partial charge in [0.1, 0.15) is 11.5 Å². The summed E-state index contributed by atoms with van der Waals surface area (Å²) in [5.74, 6) is 1.55. The van der Waals surface area contributed by atoms with Gasteiger partial charge in [-0.1, -0.05) is 23.7 Å². The first-order valence-electron chi connectivity index (χ1n) is 8.82. The average molecular weight is 373 g/mol. The van der Waals surface area contributed by atoms with E-state index in [0.717, 1.165) is 48.4 Å². The van der Waals surface area contributed by atoms with Crippen molar-refractivity contribution in [2.24, 2.45) is 0 Å². The number of halogens is 1. The van der Waals surface area contributed by atoms with Crippen LogP contribution in [0.15, 0.2) is 36.4 Å². The minimum Gasteiger partial charge on any atom is -0.497 e. The summed E-state index contributed by atoms with van der Waals surface area (Å²) in [7, 11) is 1.65. The topological polar surface area (TPSA) is 50.8 Å². The molecule has 1 N–H and O–H groups in total. The van der Waals surface area contributed by atoms with Crippen LogP contribution in [0.2, 0.25) is 5.02 Å². The Labute approximate surface area is 157 Å². The lowest BCUT2D eigenvalue weighted by Crippen LogP contribution is -2.34. The maximum Gasteiger partial charge on any atom is 0.322 e. The number of carbonyl (C=O) groups is 1. The third-order valence-electron chi connectivity index (χ3n) is 5.00. The monoisotopic (exact) mass is 372 g/mol. The van der Waals surface area contributed by atoms with Gasteiger partial charge in [-0.2, -0.15) is 0 Å². The van der Waals surface area contributed by atoms with E-state index in [2.05, 4.69) is 5.32 Å². The highest BCUT2D eigenvalue weighted by atomic mass is 35.5. The first-order chi connectivity index (χ1) is 12.7. The van der Waals surface area contributed by atoms with Gasteiger partial charge in [0.05, 0.1) is 25.4 Å². The zero-order chi connectivity index (χ0) is 18.1. The van der Waals surface area contributed by atoms with Crippen LogP contribution in [0.3, 0.4) is 0 Å². The summed E-state index contributed by atoms with van der Waals surface area (Å²) in [4.78, 5) is 14.8. The molecule has 26 heavy (non-hydrogen) atoms. The number of rotatable bonds is 3. The van der Waals surface area contributed by atoms with E-state index in [4.69, 9.17) is 21.1 Å². The molecule has 2 aliphatic heterocycles. The number of likely N-dealkylation sites (tertiary alicyclic amines) is 1. The number of nitrogens with one attached hydrogen (secondary N) is 1. The standard InChI is InChI=1S/C20H21ClN2O3/c1-25-16-6-4-13(5-7-16)18-3-2-9-23(18)20(24)22-17-12-15(21)11-14-8-10-26-19(14)17/h4-7,11-12,18H,2-3,8-10H2,1H3,(H,22,24). The number of fused-ring (bicyclic) bond motifs is 1. The van der Waals surface area contributed by atoms with Crippen molar-refractivity contribution in [3.8, 4) is 11.5 Å². The van der Waals surface area contributed by atoms with Crippen molar-refractivity contribution in [1.29, 1.82) is 0 Å². The van der Waals surface area contributed by atoms with Crippen LogP contribution in [0.5, 0.6) is 11.5 Å². The van der Waals surface area contributed by atoms with Gasteiger partial charge in [0.15, 0.2) is 0 Å². The number of ether oxygens (including phenoxy) is 2. The molecule has 2 amide bonds. The van der Waals surface area contributed by atoms with Crippen LogP contribution in [0.1, 0.15) is 30.0 Å². The number of nitrogens with zero attached hydrogens (tertiary/aromatic N) is 1. The van der Waals surface area contributed by atoms with Crippen LogP contribution in [-0.2, 0) is 6.42 Å². The van der Waals surface area contributed by atoms with E-state index in [1.807, 2.05) is 35.2 Å². The van der Waals surface area contributed by atoms with Crippen molar-refractivity contribution in [2.75, 3.05) is 25.6 Å². The van der Waals surface area contributed by atoms with E-state index in [-0.39, 0.29) is 12.1 Å². The lowest BCUT2D eigenvalue weighted by atomic mass is 10.0. The molecule has 1 atom stereocenters. The number of hydrogen-bond donors (Lipinski definition) is 1. The molecule has 1 fully saturated rings. The van der Waals surface area contributed by atoms with Crippen molar-refractivity contribution in [3.05, 3.63) is 52.5 Å². The lowest BCUT2D eigenvalue weighted by molar-refractivity contribution is 0.207. The van der Waals surface area contributed by atoms with Crippen molar-refractivity contribution in [2.45, 2.75) is 25.3 Å². The molecule has 1 unspecified atom stereocenters. The molecule has 136 valence electrons. The van der Waals surface area contributed by atoms with Gasteiger partial charge < -0.3 is 19.7 Å². The van der Waals surface area contributed by atoms with E-state index in [9.17, 15) is 4.79 Å². The van der Waals surface area contributed by atoms with Gasteiger partial charge in [0.25, 0.3) is 0 Å². The highest BCUT2D eigenvalue weighted by molar-refractivity contribution is 6.31. The molecule has 2 aromatic carbocycles. The Hall–Kier alpha value is -2.40. The van der Waals surface area contributed by atoms with E-state index >= 15 is 0 Å². The molecule has 0 aromatic heterocycles. The molecular weight excluding hydrogens is 352 g/mol. The number of methoxy groups -OCH3 is 1. The van der Waals surface area contributed by atoms with Crippen LogP contribution in [0.25, 0.3) is 0 Å². The molecule has 0 radical (unpaired) electrons. The number of amides is 2. The average Bonchev–Trinajstić information content (AvgIpc) is 3.31. The predicted molar refractivity (Wildman–Crippen MR) is 101 cm³/mol. The van der Waals surface area contributed by atoms with E-state index in [1.54, 1.807) is 13.2 Å². The van der Waals surface area contributed by atoms with Crippen LogP contribution in [0.4, 0.5) is 10.5 Å². The third-order valence-corrected chi connectivity index (χ3v) is 5.22. The molecule has 0 spiro atoms. The molecule has 6 heteroatoms. The van der Waals surface area contributed by atoms with Gasteiger partial charge in [0, 0.05) is 23.6 Å². The summed E-state index contributed by atoms with van der Waals surface area (Å²) in [5.41, 5.74) is 2.81. The molecular formula is C20H21ClN2O3. The van der Waals surface area contributed by atoms with Gasteiger partial charge >= 0.3 is 6.03 Å². The van der Waals surface area contributed by atoms with Crippen molar-refractivity contribution < 1.29 is 14.3 Å². The maximum atomic E-state index is 12.9. The molecule has 2 aromatic rings. The van der Waals surface area contributed by atoms with Gasteiger partial charge in [-0.05, 0) is 42.7 Å². The molecule has 1 saturated heterocycles. The molecule has 2 heterocycles. The van der Waals surface area contributed by atoms with Crippen molar-refractivity contribution >= 4 is 23.3 Å². The number of hydrogen-bond acceptors (Lipinski definition) is 3. The predicted octanol–water partition coefficient (Wildman–Crippen LogP) is 4.65. The summed E-state index contributed by atoms with van der Waals surface area (Å²) >= 11 is 6.19. The van der Waals surface area contributed by atoms with E-state index < -0.39 is 0 Å². The van der Waals surface area contributed by atoms with Crippen LogP contribution in [-0.4, -0.2) is 31.2 Å². The molecule has 0 aliphatic carbocycles. The molecule has 5 nitrogen and oxygen atoms in total. The number of urea groups is 1. The quantitative estimate of drug-likeness (QED) is 0.853. The molecule has 0 bridgehead atoms. The second kappa shape index (κ2) is 7.08. The Kier molecular flexibility index (Phi) is 4.64. The lowest BCUT2D eigenvalue weighted by Gasteiger charge is -2.26. The highest BCUT2D eigenvalue weighted by Gasteiger charge is 2.31. The number of carbonyl (C=O) groups excluding carboxylic acids is 1. The number of anilines is 1. The summed E-state index contributed by atoms with van der Waals surface area (Å²) in [6, 6.07) is 11.5. The largest absolute Gasteiger partial charge is 0.497 e. The van der Waals surface area contributed by atoms with Gasteiger partial charge in [0.2, 0.25) is 0 Å². The highest BCUT2D eigenvalue weighted by Crippen LogP contribution is 2.38. The van der Waals surface area contributed by atoms with Gasteiger partial charge in [-0.25, -0.2) is 4.79 Å². The fraction of sp³-hybridized carbons (Fsp3) is 0.350. The Morgan fingerprint density at radius 1 is 1.31 bits per heavy atom. The molecule has 0 saturated carbocycles. The van der Waals surface area contributed by atoms with E-state index in [1.165, 1.54) is 0 Å². The normalized spacial score (nSPS) is 18.4. The summed E-state index contributed by atoms with van der Waals surface area (Å²) < 4.78 is 10.9. The molecule has 4 rings (SSSR count). The maximum absolute atomic E-state index is 12.9. The first kappa shape index (κ1) is 17.0. The van der Waals surface area contributed by atoms with Crippen molar-refractivity contribution in [1.82, 2.24) is 4.90 Å². The zero-order valence-electron chi connectivity index (χ0n) is 14.6. The Balaban J connectivity index is 1.54. The summed E-state index contributed by atoms with van der Waals surface area (Å²) in [6.45, 7) is 1.35. The summed E-state index contributed by atoms with van der Waals surface area (Å²) in [5, 5.41) is 3.61. The minimum atomic E-state index is -0.122. The van der Waals surface area contributed by atoms with E-state index in [0.29, 0.717) is 17.3 Å². The Bertz CT molecular complexity index is 823. The van der Waals surface area contributed by atoms with Gasteiger partial charge in [-0.3, -0.25) is 0 Å². The Morgan fingerprint density at radius 2 is 2.12 bits per heavy atom. The van der Waals surface area contributed by atoms with Crippen LogP contribution < -0.4 is 14.8 Å². The minimum absolute atomic E-state index is 0.0639. The SMILES string of the molecule is COc1ccc(C2CCCN2C(=O)Nc2cc(Cl)cc3c2OCC3)cc1. The number of benzene rings is 2. The van der Waals surface area contributed by atoms with Gasteiger partial charge in [-0.15, -0.1) is 0 Å². The van der Waals surface area contributed by atoms with Crippen LogP contribution in [0, 0.1) is 0 Å². The third kappa shape index (κ3) is 3.19. The van der Waals surface area contributed by atoms with Crippen LogP contribution >= 0.6 is 11.6 Å².